The molecule has 7 atom stereocenters. The normalized spacial score (nSPS) is 33.0. The van der Waals surface area contributed by atoms with Gasteiger partial charge in [0.1, 0.15) is 6.10 Å². The minimum absolute atomic E-state index is 0.267. The van der Waals surface area contributed by atoms with E-state index in [2.05, 4.69) is 0 Å². The van der Waals surface area contributed by atoms with E-state index in [0.717, 1.165) is 0 Å². The summed E-state index contributed by atoms with van der Waals surface area (Å²) >= 11 is 0. The van der Waals surface area contributed by atoms with Gasteiger partial charge in [-0.1, -0.05) is 44.2 Å². The van der Waals surface area contributed by atoms with Crippen LogP contribution in [0.5, 0.6) is 0 Å². The van der Waals surface area contributed by atoms with E-state index >= 15 is 0 Å². The van der Waals surface area contributed by atoms with Gasteiger partial charge in [0.05, 0.1) is 24.0 Å². The van der Waals surface area contributed by atoms with Gasteiger partial charge in [-0.15, -0.1) is 0 Å². The van der Waals surface area contributed by atoms with Crippen molar-refractivity contribution < 1.29 is 43.2 Å². The van der Waals surface area contributed by atoms with Gasteiger partial charge in [-0.25, -0.2) is 4.79 Å². The zero-order chi connectivity index (χ0) is 24.0. The van der Waals surface area contributed by atoms with Crippen molar-refractivity contribution in [2.45, 2.75) is 57.4 Å². The Morgan fingerprint density at radius 1 is 1.00 bits per heavy atom. The van der Waals surface area contributed by atoms with E-state index in [1.807, 2.05) is 12.2 Å². The fourth-order valence-corrected chi connectivity index (χ4v) is 3.68. The number of hydrogen-bond acceptors (Lipinski definition) is 9. The Labute approximate surface area is 192 Å². The second-order valence-corrected chi connectivity index (χ2v) is 8.25. The van der Waals surface area contributed by atoms with Crippen molar-refractivity contribution in [3.05, 3.63) is 48.0 Å². The molecule has 1 fully saturated rings. The summed E-state index contributed by atoms with van der Waals surface area (Å²) in [6.07, 6.45) is -1.41. The van der Waals surface area contributed by atoms with Crippen molar-refractivity contribution in [1.29, 1.82) is 0 Å². The van der Waals surface area contributed by atoms with Gasteiger partial charge in [-0.3, -0.25) is 9.59 Å². The summed E-state index contributed by atoms with van der Waals surface area (Å²) in [7, 11) is 1.34. The van der Waals surface area contributed by atoms with Gasteiger partial charge in [-0.2, -0.15) is 0 Å². The molecular formula is C24H30O9. The maximum absolute atomic E-state index is 12.8. The summed E-state index contributed by atoms with van der Waals surface area (Å²) in [5, 5.41) is 9.94. The minimum Gasteiger partial charge on any atom is -0.454 e. The molecule has 0 spiro atoms. The lowest BCUT2D eigenvalue weighted by molar-refractivity contribution is -0.301. The highest BCUT2D eigenvalue weighted by Crippen LogP contribution is 2.31. The Bertz CT molecular complexity index is 853. The van der Waals surface area contributed by atoms with Crippen LogP contribution in [0.1, 0.15) is 37.0 Å². The van der Waals surface area contributed by atoms with Crippen LogP contribution in [0.25, 0.3) is 0 Å². The van der Waals surface area contributed by atoms with E-state index in [9.17, 15) is 19.5 Å². The summed E-state index contributed by atoms with van der Waals surface area (Å²) in [5.74, 6) is -2.76. The van der Waals surface area contributed by atoms with Crippen LogP contribution in [-0.4, -0.2) is 67.4 Å². The molecule has 180 valence electrons. The van der Waals surface area contributed by atoms with Gasteiger partial charge in [0.25, 0.3) is 0 Å². The van der Waals surface area contributed by atoms with E-state index in [-0.39, 0.29) is 5.56 Å². The Balaban J connectivity index is 1.97. The lowest BCUT2D eigenvalue weighted by Gasteiger charge is -2.44. The topological polar surface area (TPSA) is 118 Å². The zero-order valence-corrected chi connectivity index (χ0v) is 18.9. The summed E-state index contributed by atoms with van der Waals surface area (Å²) in [5.41, 5.74) is 0.267. The summed E-state index contributed by atoms with van der Waals surface area (Å²) < 4.78 is 28.1. The number of esters is 3. The molecule has 9 nitrogen and oxygen atoms in total. The maximum atomic E-state index is 12.8. The van der Waals surface area contributed by atoms with Gasteiger partial charge in [0.15, 0.2) is 24.6 Å². The fourth-order valence-electron chi connectivity index (χ4n) is 3.68. The number of fused-ring (bicyclic) bond motifs is 1. The smallest absolute Gasteiger partial charge is 0.338 e. The number of hydrogen-bond donors (Lipinski definition) is 1. The van der Waals surface area contributed by atoms with Crippen LogP contribution < -0.4 is 0 Å². The molecule has 0 bridgehead atoms. The van der Waals surface area contributed by atoms with Crippen molar-refractivity contribution in [3.63, 3.8) is 0 Å². The number of carbonyl (C=O) groups excluding carboxylic acids is 3. The SMILES string of the molecule is CO[C@H]1O[C@H](CO)[C@@H](OC(=O)c2ccccc2)[C@@H]2OC(=O)[C@@H](C)CC=CC[C@H](C)C(=O)O[C@@H]12. The maximum Gasteiger partial charge on any atom is 0.338 e. The Hall–Kier alpha value is -2.75. The van der Waals surface area contributed by atoms with Crippen LogP contribution in [0.15, 0.2) is 42.5 Å². The van der Waals surface area contributed by atoms with Crippen molar-refractivity contribution in [1.82, 2.24) is 0 Å². The van der Waals surface area contributed by atoms with E-state index in [4.69, 9.17) is 23.7 Å². The number of aliphatic hydroxyl groups excluding tert-OH is 1. The molecule has 2 heterocycles. The lowest BCUT2D eigenvalue weighted by atomic mass is 9.96. The standard InChI is InChI=1S/C24H30O9/c1-14-9-7-8-10-15(2)22(27)33-20-19(32-21(14)26)18(17(13-25)30-24(20)29-3)31-23(28)16-11-5-4-6-12-16/h4-8,11-12,14-15,17-20,24-25H,9-10,13H2,1-3H3/t14-,15-,17+,18+,19-,20+,24-/m0/s1. The number of methoxy groups -OCH3 is 1. The third kappa shape index (κ3) is 5.98. The van der Waals surface area contributed by atoms with E-state index in [0.29, 0.717) is 12.8 Å². The first-order valence-electron chi connectivity index (χ1n) is 11.0. The molecule has 9 heteroatoms. The first kappa shape index (κ1) is 24.9. The molecule has 0 unspecified atom stereocenters. The molecule has 2 aliphatic heterocycles. The van der Waals surface area contributed by atoms with Crippen LogP contribution in [0.4, 0.5) is 0 Å². The molecule has 1 saturated heterocycles. The van der Waals surface area contributed by atoms with Gasteiger partial charge >= 0.3 is 17.9 Å². The van der Waals surface area contributed by atoms with Gasteiger partial charge < -0.3 is 28.8 Å². The van der Waals surface area contributed by atoms with Crippen molar-refractivity contribution in [2.24, 2.45) is 11.8 Å². The van der Waals surface area contributed by atoms with Crippen molar-refractivity contribution in [2.75, 3.05) is 13.7 Å². The summed E-state index contributed by atoms with van der Waals surface area (Å²) in [4.78, 5) is 38.4. The van der Waals surface area contributed by atoms with E-state index in [1.165, 1.54) is 7.11 Å². The molecule has 0 saturated carbocycles. The quantitative estimate of drug-likeness (QED) is 0.407. The van der Waals surface area contributed by atoms with Crippen LogP contribution in [0.3, 0.4) is 0 Å². The molecule has 0 aromatic heterocycles. The molecule has 0 radical (unpaired) electrons. The highest BCUT2D eigenvalue weighted by Gasteiger charge is 2.53. The number of rotatable bonds is 4. The summed E-state index contributed by atoms with van der Waals surface area (Å²) in [6.45, 7) is 2.89. The molecule has 33 heavy (non-hydrogen) atoms. The highest BCUT2D eigenvalue weighted by atomic mass is 16.7. The van der Waals surface area contributed by atoms with Gasteiger partial charge in [0, 0.05) is 7.11 Å². The van der Waals surface area contributed by atoms with Gasteiger partial charge in [-0.05, 0) is 25.0 Å². The molecule has 1 aromatic rings. The third-order valence-corrected chi connectivity index (χ3v) is 5.71. The van der Waals surface area contributed by atoms with Crippen LogP contribution in [0.2, 0.25) is 0 Å². The summed E-state index contributed by atoms with van der Waals surface area (Å²) in [6, 6.07) is 8.24. The number of allylic oxidation sites excluding steroid dienone is 2. The number of ether oxygens (including phenoxy) is 5. The van der Waals surface area contributed by atoms with Crippen LogP contribution in [0, 0.1) is 11.8 Å². The lowest BCUT2D eigenvalue weighted by Crippen LogP contribution is -2.63. The van der Waals surface area contributed by atoms with E-state index < -0.39 is 67.1 Å². The largest absolute Gasteiger partial charge is 0.454 e. The Morgan fingerprint density at radius 2 is 1.58 bits per heavy atom. The molecule has 2 aliphatic rings. The third-order valence-electron chi connectivity index (χ3n) is 5.71. The predicted molar refractivity (Wildman–Crippen MR) is 115 cm³/mol. The minimum atomic E-state index is -1.25. The number of benzene rings is 1. The van der Waals surface area contributed by atoms with Crippen LogP contribution in [-0.2, 0) is 33.3 Å². The van der Waals surface area contributed by atoms with Gasteiger partial charge in [0.2, 0.25) is 0 Å². The molecular weight excluding hydrogens is 432 g/mol. The molecule has 1 aromatic carbocycles. The fraction of sp³-hybridized carbons (Fsp3) is 0.542. The van der Waals surface area contributed by atoms with Crippen molar-refractivity contribution >= 4 is 17.9 Å². The second kappa shape index (κ2) is 11.4. The number of aliphatic hydroxyl groups is 1. The highest BCUT2D eigenvalue weighted by molar-refractivity contribution is 5.89. The Kier molecular flexibility index (Phi) is 8.60. The molecule has 0 aliphatic carbocycles. The van der Waals surface area contributed by atoms with E-state index in [1.54, 1.807) is 44.2 Å². The molecule has 0 amide bonds. The van der Waals surface area contributed by atoms with Crippen molar-refractivity contribution in [3.8, 4) is 0 Å². The predicted octanol–water partition coefficient (Wildman–Crippen LogP) is 2.02. The average molecular weight is 462 g/mol. The molecule has 3 rings (SSSR count). The van der Waals surface area contributed by atoms with Crippen LogP contribution >= 0.6 is 0 Å². The zero-order valence-electron chi connectivity index (χ0n) is 18.9. The monoisotopic (exact) mass is 462 g/mol. The average Bonchev–Trinajstić information content (AvgIpc) is 2.83. The molecule has 1 N–H and O–H groups in total. The first-order chi connectivity index (χ1) is 15.8. The second-order valence-electron chi connectivity index (χ2n) is 8.25. The first-order valence-corrected chi connectivity index (χ1v) is 11.0. The Morgan fingerprint density at radius 3 is 2.12 bits per heavy atom. The number of carbonyl (C=O) groups is 3.